The molecule has 4 nitrogen and oxygen atoms in total. The first-order chi connectivity index (χ1) is 9.80. The lowest BCUT2D eigenvalue weighted by molar-refractivity contribution is 0.162. The molecule has 1 aromatic carbocycles. The monoisotopic (exact) mass is 278 g/mol. The quantitative estimate of drug-likeness (QED) is 0.866. The predicted octanol–water partition coefficient (Wildman–Crippen LogP) is 2.45. The Hall–Kier alpha value is -1.26. The molecule has 1 aliphatic heterocycles. The van der Waals surface area contributed by atoms with Gasteiger partial charge in [-0.3, -0.25) is 4.90 Å². The van der Waals surface area contributed by atoms with Crippen molar-refractivity contribution in [2.24, 2.45) is 0 Å². The van der Waals surface area contributed by atoms with Crippen LogP contribution in [0.25, 0.3) is 0 Å². The van der Waals surface area contributed by atoms with Gasteiger partial charge in [0.25, 0.3) is 0 Å². The first kappa shape index (κ1) is 15.1. The molecule has 0 unspecified atom stereocenters. The van der Waals surface area contributed by atoms with E-state index in [4.69, 9.17) is 9.47 Å². The molecule has 1 saturated heterocycles. The number of hydrogen-bond donors (Lipinski definition) is 1. The van der Waals surface area contributed by atoms with Gasteiger partial charge in [0, 0.05) is 43.9 Å². The lowest BCUT2D eigenvalue weighted by Crippen LogP contribution is -2.45. The molecule has 0 radical (unpaired) electrons. The van der Waals surface area contributed by atoms with Gasteiger partial charge in [0.05, 0.1) is 14.2 Å². The van der Waals surface area contributed by atoms with E-state index >= 15 is 0 Å². The Morgan fingerprint density at radius 2 is 1.95 bits per heavy atom. The van der Waals surface area contributed by atoms with E-state index in [1.165, 1.54) is 12.0 Å². The van der Waals surface area contributed by atoms with E-state index in [1.807, 2.05) is 12.1 Å². The zero-order valence-corrected chi connectivity index (χ0v) is 12.8. The second-order valence-corrected chi connectivity index (χ2v) is 5.20. The third-order valence-electron chi connectivity index (χ3n) is 3.95. The summed E-state index contributed by atoms with van der Waals surface area (Å²) in [6, 6.07) is 6.60. The molecular formula is C16H26N2O2. The average Bonchev–Trinajstić information content (AvgIpc) is 2.53. The number of rotatable bonds is 6. The number of benzene rings is 1. The minimum Gasteiger partial charge on any atom is -0.497 e. The topological polar surface area (TPSA) is 33.7 Å². The van der Waals surface area contributed by atoms with Gasteiger partial charge in [-0.1, -0.05) is 19.4 Å². The van der Waals surface area contributed by atoms with Crippen molar-refractivity contribution in [3.8, 4) is 11.5 Å². The van der Waals surface area contributed by atoms with Crippen molar-refractivity contribution >= 4 is 0 Å². The standard InChI is InChI=1S/C16H26N2O2/c1-4-5-15(18-10-8-17-9-11-18)14-7-6-13(19-2)12-16(14)20-3/h6-7,12,15,17H,4-5,8-11H2,1-3H3/t15-/m0/s1. The van der Waals surface area contributed by atoms with Crippen molar-refractivity contribution in [3.63, 3.8) is 0 Å². The second kappa shape index (κ2) is 7.50. The summed E-state index contributed by atoms with van der Waals surface area (Å²) in [4.78, 5) is 2.56. The van der Waals surface area contributed by atoms with Gasteiger partial charge >= 0.3 is 0 Å². The summed E-state index contributed by atoms with van der Waals surface area (Å²) in [7, 11) is 3.42. The van der Waals surface area contributed by atoms with Crippen LogP contribution in [0.5, 0.6) is 11.5 Å². The van der Waals surface area contributed by atoms with Gasteiger partial charge in [0.1, 0.15) is 11.5 Å². The number of nitrogens with one attached hydrogen (secondary N) is 1. The molecule has 1 fully saturated rings. The molecule has 1 aromatic rings. The first-order valence-corrected chi connectivity index (χ1v) is 7.46. The molecule has 0 aromatic heterocycles. The highest BCUT2D eigenvalue weighted by atomic mass is 16.5. The van der Waals surface area contributed by atoms with Crippen LogP contribution in [0.2, 0.25) is 0 Å². The van der Waals surface area contributed by atoms with E-state index in [-0.39, 0.29) is 0 Å². The molecule has 4 heteroatoms. The molecule has 0 spiro atoms. The van der Waals surface area contributed by atoms with Crippen LogP contribution in [-0.4, -0.2) is 45.3 Å². The van der Waals surface area contributed by atoms with Crippen LogP contribution in [0.15, 0.2) is 18.2 Å². The molecule has 0 amide bonds. The summed E-state index contributed by atoms with van der Waals surface area (Å²) in [5.41, 5.74) is 1.28. The maximum atomic E-state index is 5.58. The number of hydrogen-bond acceptors (Lipinski definition) is 4. The smallest absolute Gasteiger partial charge is 0.127 e. The van der Waals surface area contributed by atoms with Crippen molar-refractivity contribution in [3.05, 3.63) is 23.8 Å². The van der Waals surface area contributed by atoms with Crippen molar-refractivity contribution < 1.29 is 9.47 Å². The van der Waals surface area contributed by atoms with Crippen LogP contribution in [0.1, 0.15) is 31.4 Å². The maximum Gasteiger partial charge on any atom is 0.127 e. The molecule has 0 aliphatic carbocycles. The number of nitrogens with zero attached hydrogens (tertiary/aromatic N) is 1. The van der Waals surface area contributed by atoms with Gasteiger partial charge in [-0.15, -0.1) is 0 Å². The fourth-order valence-corrected chi connectivity index (χ4v) is 2.90. The molecule has 1 heterocycles. The van der Waals surface area contributed by atoms with Crippen molar-refractivity contribution in [1.29, 1.82) is 0 Å². The Balaban J connectivity index is 2.27. The van der Waals surface area contributed by atoms with E-state index in [9.17, 15) is 0 Å². The lowest BCUT2D eigenvalue weighted by Gasteiger charge is -2.35. The molecule has 112 valence electrons. The minimum atomic E-state index is 0.433. The molecule has 20 heavy (non-hydrogen) atoms. The Kier molecular flexibility index (Phi) is 5.68. The summed E-state index contributed by atoms with van der Waals surface area (Å²) in [6.45, 7) is 6.57. The summed E-state index contributed by atoms with van der Waals surface area (Å²) in [5, 5.41) is 3.42. The lowest BCUT2D eigenvalue weighted by atomic mass is 9.98. The van der Waals surface area contributed by atoms with Gasteiger partial charge < -0.3 is 14.8 Å². The third kappa shape index (κ3) is 3.44. The van der Waals surface area contributed by atoms with Crippen LogP contribution in [0, 0.1) is 0 Å². The largest absolute Gasteiger partial charge is 0.497 e. The fourth-order valence-electron chi connectivity index (χ4n) is 2.90. The summed E-state index contributed by atoms with van der Waals surface area (Å²) in [6.07, 6.45) is 2.33. The van der Waals surface area contributed by atoms with Crippen molar-refractivity contribution in [2.45, 2.75) is 25.8 Å². The summed E-state index contributed by atoms with van der Waals surface area (Å²) < 4.78 is 10.9. The van der Waals surface area contributed by atoms with Gasteiger partial charge in [-0.25, -0.2) is 0 Å². The first-order valence-electron chi connectivity index (χ1n) is 7.46. The van der Waals surface area contributed by atoms with Crippen molar-refractivity contribution in [2.75, 3.05) is 40.4 Å². The van der Waals surface area contributed by atoms with Gasteiger partial charge in [0.15, 0.2) is 0 Å². The molecule has 1 atom stereocenters. The Morgan fingerprint density at radius 3 is 2.55 bits per heavy atom. The predicted molar refractivity (Wildman–Crippen MR) is 81.6 cm³/mol. The summed E-state index contributed by atoms with van der Waals surface area (Å²) in [5.74, 6) is 1.78. The highest BCUT2D eigenvalue weighted by Gasteiger charge is 2.24. The van der Waals surface area contributed by atoms with Gasteiger partial charge in [-0.05, 0) is 12.5 Å². The van der Waals surface area contributed by atoms with Crippen LogP contribution >= 0.6 is 0 Å². The van der Waals surface area contributed by atoms with Crippen molar-refractivity contribution in [1.82, 2.24) is 10.2 Å². The fraction of sp³-hybridized carbons (Fsp3) is 0.625. The second-order valence-electron chi connectivity index (χ2n) is 5.20. The SMILES string of the molecule is CCC[C@@H](c1ccc(OC)cc1OC)N1CCNCC1. The van der Waals surface area contributed by atoms with E-state index in [0.717, 1.165) is 44.1 Å². The Morgan fingerprint density at radius 1 is 1.20 bits per heavy atom. The molecule has 0 bridgehead atoms. The van der Waals surface area contributed by atoms with Gasteiger partial charge in [0.2, 0.25) is 0 Å². The average molecular weight is 278 g/mol. The molecule has 2 rings (SSSR count). The number of ether oxygens (including phenoxy) is 2. The van der Waals surface area contributed by atoms with E-state index in [0.29, 0.717) is 6.04 Å². The molecular weight excluding hydrogens is 252 g/mol. The zero-order valence-electron chi connectivity index (χ0n) is 12.8. The maximum absolute atomic E-state index is 5.58. The van der Waals surface area contributed by atoms with Crippen LogP contribution in [-0.2, 0) is 0 Å². The molecule has 1 aliphatic rings. The van der Waals surface area contributed by atoms with Crippen LogP contribution in [0.3, 0.4) is 0 Å². The Labute approximate surface area is 122 Å². The Bertz CT molecular complexity index is 417. The van der Waals surface area contributed by atoms with Crippen LogP contribution in [0.4, 0.5) is 0 Å². The third-order valence-corrected chi connectivity index (χ3v) is 3.95. The molecule has 0 saturated carbocycles. The van der Waals surface area contributed by atoms with E-state index < -0.39 is 0 Å². The summed E-state index contributed by atoms with van der Waals surface area (Å²) >= 11 is 0. The number of piperazine rings is 1. The number of methoxy groups -OCH3 is 2. The highest BCUT2D eigenvalue weighted by Crippen LogP contribution is 2.35. The minimum absolute atomic E-state index is 0.433. The van der Waals surface area contributed by atoms with E-state index in [1.54, 1.807) is 14.2 Å². The van der Waals surface area contributed by atoms with Gasteiger partial charge in [-0.2, -0.15) is 0 Å². The van der Waals surface area contributed by atoms with E-state index in [2.05, 4.69) is 23.2 Å². The zero-order chi connectivity index (χ0) is 14.4. The highest BCUT2D eigenvalue weighted by molar-refractivity contribution is 5.42. The normalized spacial score (nSPS) is 17.8. The van der Waals surface area contributed by atoms with Crippen LogP contribution < -0.4 is 14.8 Å². The molecule has 1 N–H and O–H groups in total.